The number of pyridine rings is 1. The van der Waals surface area contributed by atoms with Crippen LogP contribution in [0.2, 0.25) is 0 Å². The van der Waals surface area contributed by atoms with Crippen molar-refractivity contribution in [2.75, 3.05) is 0 Å². The first-order chi connectivity index (χ1) is 8.18. The van der Waals surface area contributed by atoms with E-state index in [9.17, 15) is 9.59 Å². The summed E-state index contributed by atoms with van der Waals surface area (Å²) in [6.45, 7) is 0. The Balaban J connectivity index is 2.12. The first kappa shape index (κ1) is 9.77. The van der Waals surface area contributed by atoms with Crippen molar-refractivity contribution >= 4 is 17.6 Å². The third-order valence-corrected chi connectivity index (χ3v) is 2.83. The van der Waals surface area contributed by atoms with Gasteiger partial charge in [-0.1, -0.05) is 6.08 Å². The van der Waals surface area contributed by atoms with Crippen molar-refractivity contribution in [2.45, 2.75) is 6.42 Å². The van der Waals surface area contributed by atoms with Crippen LogP contribution < -0.4 is 0 Å². The van der Waals surface area contributed by atoms with Crippen molar-refractivity contribution in [3.8, 4) is 0 Å². The zero-order chi connectivity index (χ0) is 12.0. The average Bonchev–Trinajstić information content (AvgIpc) is 2.64. The molecule has 17 heavy (non-hydrogen) atoms. The number of carboxylic acid groups (broad SMARTS) is 1. The minimum atomic E-state index is -1.00. The van der Waals surface area contributed by atoms with Crippen LogP contribution in [0.4, 0.5) is 0 Å². The number of nitrogens with zero attached hydrogens (tertiary/aromatic N) is 2. The molecule has 0 aromatic carbocycles. The van der Waals surface area contributed by atoms with Gasteiger partial charge in [0.05, 0.1) is 22.5 Å². The van der Waals surface area contributed by atoms with Crippen molar-refractivity contribution in [1.82, 2.24) is 9.88 Å². The molecular formula is C12H8N2O3. The van der Waals surface area contributed by atoms with Crippen molar-refractivity contribution in [3.05, 3.63) is 47.4 Å². The van der Waals surface area contributed by atoms with Gasteiger partial charge in [0.2, 0.25) is 0 Å². The molecule has 1 N–H and O–H groups in total. The number of carbonyl (C=O) groups excluding carboxylic acids is 1. The fourth-order valence-corrected chi connectivity index (χ4v) is 2.02. The maximum absolute atomic E-state index is 12.0. The number of hydrogen-bond donors (Lipinski definition) is 1. The molecule has 2 aliphatic rings. The van der Waals surface area contributed by atoms with E-state index in [4.69, 9.17) is 5.11 Å². The molecular weight excluding hydrogens is 220 g/mol. The van der Waals surface area contributed by atoms with Crippen LogP contribution in [0, 0.1) is 0 Å². The van der Waals surface area contributed by atoms with Gasteiger partial charge < -0.3 is 5.11 Å². The molecule has 5 nitrogen and oxygen atoms in total. The number of hydrogen-bond acceptors (Lipinski definition) is 3. The molecule has 2 aliphatic heterocycles. The number of rotatable bonds is 1. The summed E-state index contributed by atoms with van der Waals surface area (Å²) in [6.07, 6.45) is 5.03. The average molecular weight is 228 g/mol. The first-order valence-electron chi connectivity index (χ1n) is 5.11. The van der Waals surface area contributed by atoms with Gasteiger partial charge in [-0.3, -0.25) is 14.7 Å². The summed E-state index contributed by atoms with van der Waals surface area (Å²) < 4.78 is 0. The van der Waals surface area contributed by atoms with Crippen molar-refractivity contribution < 1.29 is 14.7 Å². The molecule has 3 heterocycles. The minimum Gasteiger partial charge on any atom is -0.478 e. The van der Waals surface area contributed by atoms with Gasteiger partial charge in [-0.2, -0.15) is 0 Å². The molecule has 0 saturated heterocycles. The number of aliphatic carboxylic acids is 1. The van der Waals surface area contributed by atoms with E-state index in [1.807, 2.05) is 0 Å². The summed E-state index contributed by atoms with van der Waals surface area (Å²) in [5, 5.41) is 8.91. The van der Waals surface area contributed by atoms with Crippen LogP contribution in [0.15, 0.2) is 36.2 Å². The van der Waals surface area contributed by atoms with Crippen LogP contribution in [0.5, 0.6) is 0 Å². The number of aromatic nitrogens is 1. The fourth-order valence-electron chi connectivity index (χ4n) is 2.02. The number of carboxylic acids is 1. The molecule has 0 aliphatic carbocycles. The summed E-state index contributed by atoms with van der Waals surface area (Å²) in [6, 6.07) is 3.38. The number of amides is 1. The molecule has 0 spiro atoms. The van der Waals surface area contributed by atoms with Gasteiger partial charge in [0.15, 0.2) is 0 Å². The SMILES string of the molecule is O=C(O)C1=CN2C(=O)c3cccnc3C2=CC1. The van der Waals surface area contributed by atoms with E-state index in [0.717, 1.165) is 0 Å². The highest BCUT2D eigenvalue weighted by Crippen LogP contribution is 2.35. The molecule has 0 fully saturated rings. The molecule has 0 atom stereocenters. The molecule has 1 aromatic heterocycles. The molecule has 0 unspecified atom stereocenters. The lowest BCUT2D eigenvalue weighted by atomic mass is 10.1. The van der Waals surface area contributed by atoms with E-state index in [2.05, 4.69) is 4.98 Å². The number of allylic oxidation sites excluding steroid dienone is 1. The van der Waals surface area contributed by atoms with Gasteiger partial charge in [0.25, 0.3) is 5.91 Å². The maximum atomic E-state index is 12.0. The third-order valence-electron chi connectivity index (χ3n) is 2.83. The molecule has 0 bridgehead atoms. The van der Waals surface area contributed by atoms with E-state index in [1.54, 1.807) is 24.4 Å². The molecule has 3 rings (SSSR count). The van der Waals surface area contributed by atoms with Crippen LogP contribution in [-0.4, -0.2) is 26.9 Å². The lowest BCUT2D eigenvalue weighted by Crippen LogP contribution is -2.21. The Morgan fingerprint density at radius 2 is 2.29 bits per heavy atom. The lowest BCUT2D eigenvalue weighted by Gasteiger charge is -2.18. The molecule has 1 aromatic rings. The molecule has 0 saturated carbocycles. The highest BCUT2D eigenvalue weighted by molar-refractivity contribution is 6.10. The van der Waals surface area contributed by atoms with E-state index in [-0.39, 0.29) is 11.5 Å². The van der Waals surface area contributed by atoms with Crippen LogP contribution in [0.25, 0.3) is 5.70 Å². The number of fused-ring (bicyclic) bond motifs is 3. The van der Waals surface area contributed by atoms with Crippen LogP contribution >= 0.6 is 0 Å². The highest BCUT2D eigenvalue weighted by atomic mass is 16.4. The largest absolute Gasteiger partial charge is 0.478 e. The van der Waals surface area contributed by atoms with Gasteiger partial charge in [-0.05, 0) is 12.1 Å². The summed E-state index contributed by atoms with van der Waals surface area (Å²) in [5.74, 6) is -1.23. The Labute approximate surface area is 96.7 Å². The Bertz CT molecular complexity index is 602. The lowest BCUT2D eigenvalue weighted by molar-refractivity contribution is -0.132. The molecule has 0 radical (unpaired) electrons. The number of carbonyl (C=O) groups is 2. The Kier molecular flexibility index (Phi) is 1.89. The second kappa shape index (κ2) is 3.28. The van der Waals surface area contributed by atoms with Gasteiger partial charge in [-0.15, -0.1) is 0 Å². The molecule has 84 valence electrons. The zero-order valence-electron chi connectivity index (χ0n) is 8.75. The van der Waals surface area contributed by atoms with Crippen LogP contribution in [-0.2, 0) is 4.79 Å². The Hall–Kier alpha value is -2.43. The van der Waals surface area contributed by atoms with Crippen molar-refractivity contribution in [2.24, 2.45) is 0 Å². The van der Waals surface area contributed by atoms with Gasteiger partial charge in [0, 0.05) is 18.8 Å². The monoisotopic (exact) mass is 228 g/mol. The fraction of sp³-hybridized carbons (Fsp3) is 0.0833. The Morgan fingerprint density at radius 1 is 1.47 bits per heavy atom. The van der Waals surface area contributed by atoms with E-state index in [1.165, 1.54) is 11.1 Å². The minimum absolute atomic E-state index is 0.204. The van der Waals surface area contributed by atoms with Crippen molar-refractivity contribution in [3.63, 3.8) is 0 Å². The van der Waals surface area contributed by atoms with Gasteiger partial charge in [-0.25, -0.2) is 4.79 Å². The first-order valence-corrected chi connectivity index (χ1v) is 5.11. The summed E-state index contributed by atoms with van der Waals surface area (Å²) in [5.41, 5.74) is 2.02. The second-order valence-corrected chi connectivity index (χ2v) is 3.83. The van der Waals surface area contributed by atoms with E-state index >= 15 is 0 Å². The van der Waals surface area contributed by atoms with Gasteiger partial charge in [0.1, 0.15) is 0 Å². The zero-order valence-corrected chi connectivity index (χ0v) is 8.75. The van der Waals surface area contributed by atoms with E-state index in [0.29, 0.717) is 23.4 Å². The summed E-state index contributed by atoms with van der Waals surface area (Å²) in [7, 11) is 0. The molecule has 5 heteroatoms. The van der Waals surface area contributed by atoms with E-state index < -0.39 is 5.97 Å². The van der Waals surface area contributed by atoms with Crippen LogP contribution in [0.3, 0.4) is 0 Å². The standard InChI is InChI=1S/C12H8N2O3/c15-11-8-2-1-5-13-10(8)9-4-3-7(12(16)17)6-14(9)11/h1-2,4-6H,3H2,(H,16,17). The molecule has 1 amide bonds. The maximum Gasteiger partial charge on any atom is 0.333 e. The second-order valence-electron chi connectivity index (χ2n) is 3.83. The summed E-state index contributed by atoms with van der Waals surface area (Å²) in [4.78, 5) is 28.4. The smallest absolute Gasteiger partial charge is 0.333 e. The third kappa shape index (κ3) is 1.29. The van der Waals surface area contributed by atoms with Crippen molar-refractivity contribution in [1.29, 1.82) is 0 Å². The predicted molar refractivity (Wildman–Crippen MR) is 58.7 cm³/mol. The highest BCUT2D eigenvalue weighted by Gasteiger charge is 2.34. The quantitative estimate of drug-likeness (QED) is 0.785. The normalized spacial score (nSPS) is 17.2. The predicted octanol–water partition coefficient (Wildman–Crippen LogP) is 1.25. The van der Waals surface area contributed by atoms with Gasteiger partial charge >= 0.3 is 5.97 Å². The topological polar surface area (TPSA) is 70.5 Å². The summed E-state index contributed by atoms with van der Waals surface area (Å²) >= 11 is 0. The van der Waals surface area contributed by atoms with Crippen LogP contribution in [0.1, 0.15) is 22.5 Å². The Morgan fingerprint density at radius 3 is 3.06 bits per heavy atom.